The molecule has 0 radical (unpaired) electrons. The third-order valence-corrected chi connectivity index (χ3v) is 5.99. The summed E-state index contributed by atoms with van der Waals surface area (Å²) >= 11 is 0. The Hall–Kier alpha value is -0.590. The van der Waals surface area contributed by atoms with Gasteiger partial charge < -0.3 is 4.74 Å². The third kappa shape index (κ3) is 7.20. The van der Waals surface area contributed by atoms with Crippen molar-refractivity contribution in [2.75, 3.05) is 26.2 Å². The van der Waals surface area contributed by atoms with E-state index in [2.05, 4.69) is 58.3 Å². The van der Waals surface area contributed by atoms with E-state index < -0.39 is 6.17 Å². The van der Waals surface area contributed by atoms with Crippen LogP contribution in [0.15, 0.2) is 0 Å². The molecule has 2 aliphatic rings. The van der Waals surface area contributed by atoms with E-state index in [1.165, 1.54) is 25.7 Å². The van der Waals surface area contributed by atoms with Crippen LogP contribution in [-0.4, -0.2) is 43.4 Å². The summed E-state index contributed by atoms with van der Waals surface area (Å²) in [6.07, 6.45) is 4.90. The predicted octanol–water partition coefficient (Wildman–Crippen LogP) is 5.32. The maximum Gasteiger partial charge on any atom is 0.139 e. The fraction of sp³-hybridized carbons (Fsp3) is 0.913. The first-order valence-electron chi connectivity index (χ1n) is 10.5. The highest BCUT2D eigenvalue weighted by molar-refractivity contribution is 5.07. The number of nitrogens with zero attached hydrogens (tertiary/aromatic N) is 1. The summed E-state index contributed by atoms with van der Waals surface area (Å²) < 4.78 is 20.2. The molecule has 2 nitrogen and oxygen atoms in total. The van der Waals surface area contributed by atoms with Crippen molar-refractivity contribution in [3.8, 4) is 11.8 Å². The molecule has 150 valence electrons. The van der Waals surface area contributed by atoms with E-state index in [0.29, 0.717) is 18.6 Å². The van der Waals surface area contributed by atoms with Crippen LogP contribution in [0.4, 0.5) is 4.39 Å². The van der Waals surface area contributed by atoms with E-state index in [1.807, 2.05) is 0 Å². The highest BCUT2D eigenvalue weighted by Gasteiger charge is 2.33. The van der Waals surface area contributed by atoms with Crippen LogP contribution in [0.25, 0.3) is 0 Å². The molecule has 0 aromatic heterocycles. The smallest absolute Gasteiger partial charge is 0.139 e. The second kappa shape index (κ2) is 9.07. The van der Waals surface area contributed by atoms with Gasteiger partial charge in [0, 0.05) is 25.0 Å². The summed E-state index contributed by atoms with van der Waals surface area (Å²) in [7, 11) is 0. The molecule has 0 bridgehead atoms. The van der Waals surface area contributed by atoms with Crippen LogP contribution in [0.2, 0.25) is 0 Å². The Kier molecular flexibility index (Phi) is 7.57. The quantitative estimate of drug-likeness (QED) is 0.625. The van der Waals surface area contributed by atoms with E-state index in [1.54, 1.807) is 0 Å². The van der Waals surface area contributed by atoms with Crippen LogP contribution in [0, 0.1) is 34.5 Å². The summed E-state index contributed by atoms with van der Waals surface area (Å²) in [4.78, 5) is 2.33. The molecular formula is C23H40FNO. The van der Waals surface area contributed by atoms with Crippen LogP contribution < -0.4 is 0 Å². The minimum atomic E-state index is -0.883. The van der Waals surface area contributed by atoms with Gasteiger partial charge in [-0.1, -0.05) is 32.6 Å². The Labute approximate surface area is 161 Å². The van der Waals surface area contributed by atoms with Gasteiger partial charge in [-0.3, -0.25) is 4.90 Å². The summed E-state index contributed by atoms with van der Waals surface area (Å²) in [6.45, 7) is 16.2. The molecule has 0 aromatic rings. The summed E-state index contributed by atoms with van der Waals surface area (Å²) in [6, 6.07) is 0. The lowest BCUT2D eigenvalue weighted by molar-refractivity contribution is -0.0386. The molecule has 0 unspecified atom stereocenters. The largest absolute Gasteiger partial charge is 0.362 e. The van der Waals surface area contributed by atoms with Gasteiger partial charge in [-0.05, 0) is 70.1 Å². The number of alkyl halides is 1. The fourth-order valence-electron chi connectivity index (χ4n) is 4.33. The van der Waals surface area contributed by atoms with Gasteiger partial charge in [-0.25, -0.2) is 4.39 Å². The Bertz CT molecular complexity index is 485. The molecule has 26 heavy (non-hydrogen) atoms. The normalized spacial score (nSPS) is 31.3. The van der Waals surface area contributed by atoms with Gasteiger partial charge in [0.05, 0.1) is 6.10 Å². The molecule has 1 aliphatic carbocycles. The number of piperidine rings is 1. The van der Waals surface area contributed by atoms with Crippen molar-refractivity contribution < 1.29 is 9.13 Å². The molecular weight excluding hydrogens is 325 g/mol. The van der Waals surface area contributed by atoms with Crippen molar-refractivity contribution >= 4 is 0 Å². The number of hydrogen-bond donors (Lipinski definition) is 0. The average molecular weight is 366 g/mol. The molecule has 1 aliphatic heterocycles. The SMILES string of the molecule is CC(C)(C)C#CCO[C@@H]1CCN(CC2CCC(C(C)(C)C)CC2)C[C@@H]1F. The number of hydrogen-bond acceptors (Lipinski definition) is 2. The van der Waals surface area contributed by atoms with Crippen molar-refractivity contribution in [1.29, 1.82) is 0 Å². The molecule has 3 heteroatoms. The highest BCUT2D eigenvalue weighted by Crippen LogP contribution is 2.40. The predicted molar refractivity (Wildman–Crippen MR) is 108 cm³/mol. The molecule has 2 atom stereocenters. The molecule has 1 saturated carbocycles. The van der Waals surface area contributed by atoms with Gasteiger partial charge in [0.25, 0.3) is 0 Å². The van der Waals surface area contributed by atoms with Gasteiger partial charge in [0.1, 0.15) is 12.8 Å². The van der Waals surface area contributed by atoms with E-state index >= 15 is 0 Å². The second-order valence-electron chi connectivity index (χ2n) is 10.5. The zero-order valence-corrected chi connectivity index (χ0v) is 17.9. The maximum atomic E-state index is 14.5. The van der Waals surface area contributed by atoms with Crippen molar-refractivity contribution in [3.63, 3.8) is 0 Å². The van der Waals surface area contributed by atoms with Crippen LogP contribution in [0.5, 0.6) is 0 Å². The molecule has 2 rings (SSSR count). The number of ether oxygens (including phenoxy) is 1. The first kappa shape index (κ1) is 21.7. The summed E-state index contributed by atoms with van der Waals surface area (Å²) in [5, 5.41) is 0. The minimum absolute atomic E-state index is 0.0200. The molecule has 0 aromatic carbocycles. The molecule has 1 saturated heterocycles. The molecule has 0 amide bonds. The Morgan fingerprint density at radius 3 is 2.19 bits per heavy atom. The van der Waals surface area contributed by atoms with Gasteiger partial charge in [-0.2, -0.15) is 0 Å². The van der Waals surface area contributed by atoms with E-state index in [-0.39, 0.29) is 11.5 Å². The first-order valence-corrected chi connectivity index (χ1v) is 10.5. The zero-order chi connectivity index (χ0) is 19.4. The van der Waals surface area contributed by atoms with Gasteiger partial charge in [0.2, 0.25) is 0 Å². The number of rotatable bonds is 4. The van der Waals surface area contributed by atoms with Crippen molar-refractivity contribution in [2.24, 2.45) is 22.7 Å². The average Bonchev–Trinajstić information content (AvgIpc) is 2.52. The first-order chi connectivity index (χ1) is 12.0. The van der Waals surface area contributed by atoms with Crippen molar-refractivity contribution in [2.45, 2.75) is 85.9 Å². The standard InChI is InChI=1S/C23H40FNO/c1-22(2,3)13-7-15-26-21-12-14-25(17-20(21)24)16-18-8-10-19(11-9-18)23(4,5)6/h18-21H,8-12,14-17H2,1-6H3/t18?,19?,20-,21+/m0/s1. The van der Waals surface area contributed by atoms with Gasteiger partial charge >= 0.3 is 0 Å². The van der Waals surface area contributed by atoms with Crippen molar-refractivity contribution in [3.05, 3.63) is 0 Å². The van der Waals surface area contributed by atoms with E-state index in [4.69, 9.17) is 4.74 Å². The van der Waals surface area contributed by atoms with Gasteiger partial charge in [-0.15, -0.1) is 0 Å². The molecule has 1 heterocycles. The number of halogens is 1. The zero-order valence-electron chi connectivity index (χ0n) is 17.9. The number of likely N-dealkylation sites (tertiary alicyclic amines) is 1. The van der Waals surface area contributed by atoms with E-state index in [9.17, 15) is 4.39 Å². The Balaban J connectivity index is 1.69. The second-order valence-corrected chi connectivity index (χ2v) is 10.5. The lowest BCUT2D eigenvalue weighted by Gasteiger charge is -2.40. The fourth-order valence-corrected chi connectivity index (χ4v) is 4.33. The molecule has 0 N–H and O–H groups in total. The van der Waals surface area contributed by atoms with E-state index in [0.717, 1.165) is 31.3 Å². The van der Waals surface area contributed by atoms with Crippen LogP contribution >= 0.6 is 0 Å². The molecule has 0 spiro atoms. The lowest BCUT2D eigenvalue weighted by atomic mass is 9.70. The van der Waals surface area contributed by atoms with Crippen LogP contribution in [0.3, 0.4) is 0 Å². The topological polar surface area (TPSA) is 12.5 Å². The Morgan fingerprint density at radius 2 is 1.65 bits per heavy atom. The van der Waals surface area contributed by atoms with Gasteiger partial charge in [0.15, 0.2) is 0 Å². The summed E-state index contributed by atoms with van der Waals surface area (Å²) in [5.41, 5.74) is 0.411. The monoisotopic (exact) mass is 365 g/mol. The van der Waals surface area contributed by atoms with Crippen molar-refractivity contribution in [1.82, 2.24) is 4.90 Å². The van der Waals surface area contributed by atoms with Crippen LogP contribution in [-0.2, 0) is 4.74 Å². The highest BCUT2D eigenvalue weighted by atomic mass is 19.1. The minimum Gasteiger partial charge on any atom is -0.362 e. The molecule has 2 fully saturated rings. The van der Waals surface area contributed by atoms with Crippen LogP contribution in [0.1, 0.15) is 73.6 Å². The third-order valence-electron chi connectivity index (χ3n) is 5.99. The maximum absolute atomic E-state index is 14.5. The Morgan fingerprint density at radius 1 is 1.00 bits per heavy atom. The lowest BCUT2D eigenvalue weighted by Crippen LogP contribution is -2.47. The summed E-state index contributed by atoms with van der Waals surface area (Å²) in [5.74, 6) is 7.77.